The lowest BCUT2D eigenvalue weighted by molar-refractivity contribution is 0.203. The lowest BCUT2D eigenvalue weighted by Crippen LogP contribution is -2.43. The van der Waals surface area contributed by atoms with Gasteiger partial charge in [-0.3, -0.25) is 0 Å². The summed E-state index contributed by atoms with van der Waals surface area (Å²) in [5.74, 6) is 0. The van der Waals surface area contributed by atoms with Gasteiger partial charge in [-0.05, 0) is 20.8 Å². The third kappa shape index (κ3) is 4.18. The Labute approximate surface area is 74.1 Å². The lowest BCUT2D eigenvalue weighted by atomic mass is 10.4. The number of urea groups is 1. The quantitative estimate of drug-likeness (QED) is 0.646. The fourth-order valence-corrected chi connectivity index (χ4v) is 0.871. The molecule has 0 bridgehead atoms. The first-order chi connectivity index (χ1) is 5.61. The molecule has 1 unspecified atom stereocenters. The van der Waals surface area contributed by atoms with Gasteiger partial charge in [0.25, 0.3) is 0 Å². The van der Waals surface area contributed by atoms with Crippen LogP contribution in [0, 0.1) is 0 Å². The molecule has 0 heterocycles. The largest absolute Gasteiger partial charge is 0.336 e. The molecule has 0 spiro atoms. The van der Waals surface area contributed by atoms with Crippen molar-refractivity contribution >= 4 is 6.03 Å². The van der Waals surface area contributed by atoms with Crippen LogP contribution in [-0.4, -0.2) is 36.6 Å². The molecule has 0 aliphatic carbocycles. The van der Waals surface area contributed by atoms with Crippen molar-refractivity contribution in [3.63, 3.8) is 0 Å². The smallest absolute Gasteiger partial charge is 0.317 e. The standard InChI is InChI=1S/C8H19N3O/c1-4-11(5-2)8(12)10-6-7(3)9/h7H,4-6,9H2,1-3H3,(H,10,12). The molecule has 3 N–H and O–H groups in total. The van der Waals surface area contributed by atoms with Crippen LogP contribution in [0.1, 0.15) is 20.8 Å². The van der Waals surface area contributed by atoms with Crippen LogP contribution in [0.5, 0.6) is 0 Å². The van der Waals surface area contributed by atoms with Gasteiger partial charge in [0.05, 0.1) is 0 Å². The van der Waals surface area contributed by atoms with Crippen molar-refractivity contribution in [2.45, 2.75) is 26.8 Å². The van der Waals surface area contributed by atoms with E-state index in [1.165, 1.54) is 0 Å². The summed E-state index contributed by atoms with van der Waals surface area (Å²) in [7, 11) is 0. The molecule has 0 aromatic carbocycles. The Morgan fingerprint density at radius 3 is 2.33 bits per heavy atom. The molecular formula is C8H19N3O. The molecule has 0 saturated heterocycles. The van der Waals surface area contributed by atoms with Crippen LogP contribution in [0.25, 0.3) is 0 Å². The van der Waals surface area contributed by atoms with Gasteiger partial charge in [-0.1, -0.05) is 0 Å². The van der Waals surface area contributed by atoms with Crippen molar-refractivity contribution in [1.82, 2.24) is 10.2 Å². The Morgan fingerprint density at radius 1 is 1.50 bits per heavy atom. The minimum absolute atomic E-state index is 0.0181. The summed E-state index contributed by atoms with van der Waals surface area (Å²) in [6.45, 7) is 7.78. The molecule has 0 rings (SSSR count). The normalized spacial score (nSPS) is 12.3. The third-order valence-electron chi connectivity index (χ3n) is 1.63. The minimum atomic E-state index is -0.0303. The molecule has 2 amide bonds. The number of rotatable bonds is 4. The first-order valence-electron chi connectivity index (χ1n) is 4.40. The summed E-state index contributed by atoms with van der Waals surface area (Å²) >= 11 is 0. The molecule has 12 heavy (non-hydrogen) atoms. The van der Waals surface area contributed by atoms with Crippen LogP contribution >= 0.6 is 0 Å². The topological polar surface area (TPSA) is 58.4 Å². The average molecular weight is 173 g/mol. The second-order valence-electron chi connectivity index (χ2n) is 2.84. The Balaban J connectivity index is 3.69. The van der Waals surface area contributed by atoms with E-state index in [1.54, 1.807) is 4.90 Å². The Bertz CT molecular complexity index is 132. The maximum absolute atomic E-state index is 11.3. The van der Waals surface area contributed by atoms with Gasteiger partial charge in [0.1, 0.15) is 0 Å². The number of hydrogen-bond donors (Lipinski definition) is 2. The Kier molecular flexibility index (Phi) is 5.45. The van der Waals surface area contributed by atoms with E-state index in [0.29, 0.717) is 6.54 Å². The highest BCUT2D eigenvalue weighted by molar-refractivity contribution is 5.74. The van der Waals surface area contributed by atoms with Gasteiger partial charge >= 0.3 is 6.03 Å². The first kappa shape index (κ1) is 11.2. The van der Waals surface area contributed by atoms with Gasteiger partial charge in [-0.25, -0.2) is 4.79 Å². The van der Waals surface area contributed by atoms with Crippen molar-refractivity contribution in [2.75, 3.05) is 19.6 Å². The first-order valence-corrected chi connectivity index (χ1v) is 4.40. The fourth-order valence-electron chi connectivity index (χ4n) is 0.871. The van der Waals surface area contributed by atoms with E-state index in [0.717, 1.165) is 13.1 Å². The van der Waals surface area contributed by atoms with Gasteiger partial charge < -0.3 is 16.0 Å². The van der Waals surface area contributed by atoms with Crippen molar-refractivity contribution in [3.8, 4) is 0 Å². The van der Waals surface area contributed by atoms with Gasteiger partial charge in [0.15, 0.2) is 0 Å². The number of carbonyl (C=O) groups excluding carboxylic acids is 1. The highest BCUT2D eigenvalue weighted by Gasteiger charge is 2.07. The molecule has 0 saturated carbocycles. The van der Waals surface area contributed by atoms with E-state index in [-0.39, 0.29) is 12.1 Å². The highest BCUT2D eigenvalue weighted by atomic mass is 16.2. The maximum Gasteiger partial charge on any atom is 0.317 e. The summed E-state index contributed by atoms with van der Waals surface area (Å²) in [6, 6.07) is -0.0122. The monoisotopic (exact) mass is 173 g/mol. The molecule has 0 aliphatic heterocycles. The third-order valence-corrected chi connectivity index (χ3v) is 1.63. The molecular weight excluding hydrogens is 154 g/mol. The van der Waals surface area contributed by atoms with E-state index >= 15 is 0 Å². The molecule has 0 radical (unpaired) electrons. The maximum atomic E-state index is 11.3. The number of carbonyl (C=O) groups is 1. The highest BCUT2D eigenvalue weighted by Crippen LogP contribution is 1.87. The van der Waals surface area contributed by atoms with E-state index in [2.05, 4.69) is 5.32 Å². The molecule has 72 valence electrons. The van der Waals surface area contributed by atoms with Crippen molar-refractivity contribution in [2.24, 2.45) is 5.73 Å². The minimum Gasteiger partial charge on any atom is -0.336 e. The van der Waals surface area contributed by atoms with E-state index < -0.39 is 0 Å². The number of nitrogens with two attached hydrogens (primary N) is 1. The van der Waals surface area contributed by atoms with Crippen LogP contribution in [0.2, 0.25) is 0 Å². The number of amides is 2. The zero-order valence-electron chi connectivity index (χ0n) is 8.13. The lowest BCUT2D eigenvalue weighted by Gasteiger charge is -2.19. The molecule has 0 aromatic heterocycles. The summed E-state index contributed by atoms with van der Waals surface area (Å²) in [5.41, 5.74) is 5.49. The molecule has 1 atom stereocenters. The van der Waals surface area contributed by atoms with Crippen LogP contribution in [0.15, 0.2) is 0 Å². The second-order valence-corrected chi connectivity index (χ2v) is 2.84. The molecule has 0 aliphatic rings. The SMILES string of the molecule is CCN(CC)C(=O)NCC(C)N. The van der Waals surface area contributed by atoms with Crippen LogP contribution in [-0.2, 0) is 0 Å². The summed E-state index contributed by atoms with van der Waals surface area (Å²) in [4.78, 5) is 13.0. The van der Waals surface area contributed by atoms with E-state index in [4.69, 9.17) is 5.73 Å². The number of nitrogens with one attached hydrogen (secondary N) is 1. The van der Waals surface area contributed by atoms with Crippen molar-refractivity contribution in [3.05, 3.63) is 0 Å². The molecule has 0 fully saturated rings. The summed E-state index contributed by atoms with van der Waals surface area (Å²) in [5, 5.41) is 2.75. The zero-order valence-corrected chi connectivity index (χ0v) is 8.13. The van der Waals surface area contributed by atoms with Crippen molar-refractivity contribution in [1.29, 1.82) is 0 Å². The Morgan fingerprint density at radius 2 is 2.00 bits per heavy atom. The fraction of sp³-hybridized carbons (Fsp3) is 0.875. The van der Waals surface area contributed by atoms with Gasteiger partial charge in [-0.2, -0.15) is 0 Å². The van der Waals surface area contributed by atoms with Crippen LogP contribution in [0.3, 0.4) is 0 Å². The van der Waals surface area contributed by atoms with E-state index in [1.807, 2.05) is 20.8 Å². The summed E-state index contributed by atoms with van der Waals surface area (Å²) < 4.78 is 0. The van der Waals surface area contributed by atoms with Crippen LogP contribution < -0.4 is 11.1 Å². The van der Waals surface area contributed by atoms with Crippen LogP contribution in [0.4, 0.5) is 4.79 Å². The summed E-state index contributed by atoms with van der Waals surface area (Å²) in [6.07, 6.45) is 0. The molecule has 4 heteroatoms. The van der Waals surface area contributed by atoms with E-state index in [9.17, 15) is 4.79 Å². The molecule has 4 nitrogen and oxygen atoms in total. The number of nitrogens with zero attached hydrogens (tertiary/aromatic N) is 1. The number of hydrogen-bond acceptors (Lipinski definition) is 2. The van der Waals surface area contributed by atoms with Gasteiger partial charge in [0, 0.05) is 25.7 Å². The predicted octanol–water partition coefficient (Wildman–Crippen LogP) is 0.385. The Hall–Kier alpha value is -0.770. The van der Waals surface area contributed by atoms with Gasteiger partial charge in [0.2, 0.25) is 0 Å². The van der Waals surface area contributed by atoms with Crippen molar-refractivity contribution < 1.29 is 4.79 Å². The van der Waals surface area contributed by atoms with Gasteiger partial charge in [-0.15, -0.1) is 0 Å². The zero-order chi connectivity index (χ0) is 9.56. The second kappa shape index (κ2) is 5.83. The molecule has 0 aromatic rings. The average Bonchev–Trinajstić information content (AvgIpc) is 2.03. The predicted molar refractivity (Wildman–Crippen MR) is 50.0 cm³/mol.